The molecule has 0 radical (unpaired) electrons. The molecule has 4 bridgehead atoms. The third-order valence-corrected chi connectivity index (χ3v) is 11.5. The van der Waals surface area contributed by atoms with Crippen LogP contribution in [0.15, 0.2) is 0 Å². The molecule has 6 rings (SSSR count). The van der Waals surface area contributed by atoms with Gasteiger partial charge in [-0.1, -0.05) is 62.0 Å². The fourth-order valence-electron chi connectivity index (χ4n) is 8.33. The number of thioether (sulfide) groups is 2. The summed E-state index contributed by atoms with van der Waals surface area (Å²) < 4.78 is 0. The first-order valence-corrected chi connectivity index (χ1v) is 15.2. The predicted octanol–water partition coefficient (Wildman–Crippen LogP) is 7.12. The average molecular weight is 479 g/mol. The SMILES string of the molecule is O=C(NCC12CC3CC(C1)CC(CNC(=O)SC1CCCCC1)(C3)C2)SC1CCCCC1. The van der Waals surface area contributed by atoms with Gasteiger partial charge < -0.3 is 10.6 Å². The molecule has 6 aliphatic carbocycles. The highest BCUT2D eigenvalue weighted by Gasteiger charge is 2.57. The van der Waals surface area contributed by atoms with Gasteiger partial charge in [-0.2, -0.15) is 0 Å². The molecule has 6 saturated carbocycles. The van der Waals surface area contributed by atoms with E-state index in [2.05, 4.69) is 10.6 Å². The lowest BCUT2D eigenvalue weighted by Gasteiger charge is -2.62. The molecular weight excluding hydrogens is 436 g/mol. The van der Waals surface area contributed by atoms with Gasteiger partial charge in [0.15, 0.2) is 0 Å². The monoisotopic (exact) mass is 478 g/mol. The first-order valence-electron chi connectivity index (χ1n) is 13.4. The molecule has 0 saturated heterocycles. The van der Waals surface area contributed by atoms with Crippen LogP contribution in [-0.4, -0.2) is 34.1 Å². The maximum absolute atomic E-state index is 12.7. The Kier molecular flexibility index (Phi) is 7.38. The Morgan fingerprint density at radius 2 is 1.06 bits per heavy atom. The zero-order valence-electron chi connectivity index (χ0n) is 19.7. The normalized spacial score (nSPS) is 37.4. The van der Waals surface area contributed by atoms with Gasteiger partial charge in [0.05, 0.1) is 0 Å². The minimum atomic E-state index is 0.207. The molecule has 4 nitrogen and oxygen atoms in total. The van der Waals surface area contributed by atoms with Crippen molar-refractivity contribution in [2.75, 3.05) is 13.1 Å². The molecule has 180 valence electrons. The van der Waals surface area contributed by atoms with Crippen LogP contribution in [0.5, 0.6) is 0 Å². The van der Waals surface area contributed by atoms with Crippen molar-refractivity contribution in [2.45, 2.75) is 113 Å². The number of hydrogen-bond donors (Lipinski definition) is 2. The fraction of sp³-hybridized carbons (Fsp3) is 0.923. The average Bonchev–Trinajstić information content (AvgIpc) is 2.77. The number of carbonyl (C=O) groups is 2. The Labute approximate surface area is 203 Å². The van der Waals surface area contributed by atoms with E-state index in [9.17, 15) is 9.59 Å². The molecule has 6 heteroatoms. The minimum Gasteiger partial charge on any atom is -0.346 e. The van der Waals surface area contributed by atoms with Crippen LogP contribution in [0.4, 0.5) is 9.59 Å². The molecule has 2 amide bonds. The van der Waals surface area contributed by atoms with E-state index in [1.54, 1.807) is 23.5 Å². The summed E-state index contributed by atoms with van der Waals surface area (Å²) >= 11 is 3.14. The van der Waals surface area contributed by atoms with Gasteiger partial charge in [0.2, 0.25) is 0 Å². The summed E-state index contributed by atoms with van der Waals surface area (Å²) in [5.74, 6) is 1.59. The van der Waals surface area contributed by atoms with Gasteiger partial charge >= 0.3 is 0 Å². The highest BCUT2D eigenvalue weighted by atomic mass is 32.2. The number of carbonyl (C=O) groups excluding carboxylic acids is 2. The topological polar surface area (TPSA) is 58.2 Å². The van der Waals surface area contributed by atoms with Crippen molar-refractivity contribution in [1.82, 2.24) is 10.6 Å². The van der Waals surface area contributed by atoms with E-state index >= 15 is 0 Å². The molecule has 2 N–H and O–H groups in total. The molecule has 0 aromatic heterocycles. The summed E-state index contributed by atoms with van der Waals surface area (Å²) in [4.78, 5) is 25.4. The van der Waals surface area contributed by atoms with Crippen LogP contribution in [0.1, 0.15) is 103 Å². The number of nitrogens with one attached hydrogen (secondary N) is 2. The van der Waals surface area contributed by atoms with Crippen LogP contribution in [0.3, 0.4) is 0 Å². The van der Waals surface area contributed by atoms with Gasteiger partial charge in [-0.25, -0.2) is 0 Å². The minimum absolute atomic E-state index is 0.207. The predicted molar refractivity (Wildman–Crippen MR) is 135 cm³/mol. The first-order chi connectivity index (χ1) is 15.5. The summed E-state index contributed by atoms with van der Waals surface area (Å²) in [5.41, 5.74) is 0.544. The third-order valence-electron chi connectivity index (χ3n) is 9.17. The van der Waals surface area contributed by atoms with E-state index in [4.69, 9.17) is 0 Å². The van der Waals surface area contributed by atoms with Crippen LogP contribution >= 0.6 is 23.5 Å². The largest absolute Gasteiger partial charge is 0.346 e. The lowest BCUT2D eigenvalue weighted by atomic mass is 9.44. The van der Waals surface area contributed by atoms with Gasteiger partial charge in [0, 0.05) is 23.6 Å². The van der Waals surface area contributed by atoms with E-state index < -0.39 is 0 Å². The summed E-state index contributed by atoms with van der Waals surface area (Å²) in [6.45, 7) is 1.70. The lowest BCUT2D eigenvalue weighted by Crippen LogP contribution is -2.58. The van der Waals surface area contributed by atoms with Crippen LogP contribution in [-0.2, 0) is 0 Å². The van der Waals surface area contributed by atoms with Crippen molar-refractivity contribution < 1.29 is 9.59 Å². The summed E-state index contributed by atoms with van der Waals surface area (Å²) in [7, 11) is 0. The second-order valence-corrected chi connectivity index (χ2v) is 14.5. The maximum atomic E-state index is 12.7. The van der Waals surface area contributed by atoms with Crippen molar-refractivity contribution in [1.29, 1.82) is 0 Å². The van der Waals surface area contributed by atoms with Crippen molar-refractivity contribution >= 4 is 34.0 Å². The highest BCUT2D eigenvalue weighted by Crippen LogP contribution is 2.65. The fourth-order valence-corrected chi connectivity index (χ4v) is 10.4. The Hall–Kier alpha value is -0.360. The maximum Gasteiger partial charge on any atom is 0.279 e. The van der Waals surface area contributed by atoms with E-state index in [0.29, 0.717) is 10.5 Å². The molecule has 0 aromatic carbocycles. The van der Waals surface area contributed by atoms with Gasteiger partial charge in [-0.15, -0.1) is 0 Å². The van der Waals surface area contributed by atoms with Crippen LogP contribution in [0.2, 0.25) is 0 Å². The molecule has 0 heterocycles. The standard InChI is InChI=1S/C26H42N2O2S2/c29-23(31-21-7-3-1-4-8-21)27-17-25-12-19-11-20(13-25)15-26(14-19,16-25)18-28-24(30)32-22-9-5-2-6-10-22/h19-22H,1-18H2,(H,27,29)(H,28,30). The number of amides is 2. The van der Waals surface area contributed by atoms with Gasteiger partial charge in [0.1, 0.15) is 0 Å². The van der Waals surface area contributed by atoms with E-state index in [1.807, 2.05) is 0 Å². The molecule has 0 atom stereocenters. The van der Waals surface area contributed by atoms with Crippen molar-refractivity contribution in [3.63, 3.8) is 0 Å². The van der Waals surface area contributed by atoms with Crippen LogP contribution in [0.25, 0.3) is 0 Å². The molecule has 6 fully saturated rings. The second-order valence-electron chi connectivity index (χ2n) is 12.0. The molecule has 0 aromatic rings. The van der Waals surface area contributed by atoms with Crippen molar-refractivity contribution in [2.24, 2.45) is 22.7 Å². The van der Waals surface area contributed by atoms with Crippen LogP contribution in [0, 0.1) is 22.7 Å². The zero-order chi connectivity index (χ0) is 22.0. The third kappa shape index (κ3) is 5.64. The van der Waals surface area contributed by atoms with Gasteiger partial charge in [0.25, 0.3) is 10.5 Å². The molecule has 0 spiro atoms. The summed E-state index contributed by atoms with van der Waals surface area (Å²) in [5, 5.41) is 8.19. The van der Waals surface area contributed by atoms with E-state index in [1.165, 1.54) is 103 Å². The Bertz CT molecular complexity index is 619. The molecule has 0 aliphatic heterocycles. The smallest absolute Gasteiger partial charge is 0.279 e. The first kappa shape index (κ1) is 23.4. The Balaban J connectivity index is 1.13. The van der Waals surface area contributed by atoms with Crippen molar-refractivity contribution in [3.8, 4) is 0 Å². The highest BCUT2D eigenvalue weighted by molar-refractivity contribution is 8.14. The quantitative estimate of drug-likeness (QED) is 0.426. The van der Waals surface area contributed by atoms with Gasteiger partial charge in [-0.3, -0.25) is 9.59 Å². The Morgan fingerprint density at radius 3 is 1.47 bits per heavy atom. The van der Waals surface area contributed by atoms with Crippen molar-refractivity contribution in [3.05, 3.63) is 0 Å². The molecule has 32 heavy (non-hydrogen) atoms. The van der Waals surface area contributed by atoms with Crippen LogP contribution < -0.4 is 10.6 Å². The number of rotatable bonds is 6. The molecule has 6 aliphatic rings. The van der Waals surface area contributed by atoms with Gasteiger partial charge in [-0.05, 0) is 86.9 Å². The summed E-state index contributed by atoms with van der Waals surface area (Å²) in [6, 6.07) is 0. The lowest BCUT2D eigenvalue weighted by molar-refractivity contribution is -0.105. The van der Waals surface area contributed by atoms with E-state index in [-0.39, 0.29) is 21.3 Å². The molecular formula is C26H42N2O2S2. The Morgan fingerprint density at radius 1 is 0.656 bits per heavy atom. The zero-order valence-corrected chi connectivity index (χ0v) is 21.3. The molecule has 0 unspecified atom stereocenters. The van der Waals surface area contributed by atoms with E-state index in [0.717, 1.165) is 24.9 Å². The summed E-state index contributed by atoms with van der Waals surface area (Å²) in [6.07, 6.45) is 20.3. The second kappa shape index (κ2) is 10.1. The number of hydrogen-bond acceptors (Lipinski definition) is 4.